The predicted molar refractivity (Wildman–Crippen MR) is 524 cm³/mol. The van der Waals surface area contributed by atoms with Gasteiger partial charge in [0.2, 0.25) is 5.84 Å². The number of unbranched alkanes of at least 4 members (excludes halogenated alkanes) is 1. The lowest BCUT2D eigenvalue weighted by atomic mass is 10.0. The van der Waals surface area contributed by atoms with Gasteiger partial charge in [-0.3, -0.25) is 34.9 Å². The Bertz CT molecular complexity index is 5490. The number of carbonyl (C=O) groups is 3. The highest BCUT2D eigenvalue weighted by molar-refractivity contribution is 9.09. The number of H-pyrrole nitrogens is 4. The molecule has 0 aliphatic carbocycles. The van der Waals surface area contributed by atoms with Crippen LogP contribution in [0.2, 0.25) is 5.15 Å². The number of hydrogen-bond acceptors (Lipinski definition) is 29. The van der Waals surface area contributed by atoms with Crippen LogP contribution in [0.1, 0.15) is 124 Å². The van der Waals surface area contributed by atoms with Crippen molar-refractivity contribution < 1.29 is 94.2 Å². The van der Waals surface area contributed by atoms with E-state index in [0.717, 1.165) is 146 Å². The largest absolute Gasteiger partial charge is 1.00 e. The summed E-state index contributed by atoms with van der Waals surface area (Å²) < 4.78 is 46.3. The third-order valence-electron chi connectivity index (χ3n) is 15.8. The van der Waals surface area contributed by atoms with E-state index in [1.165, 1.54) is 13.8 Å². The van der Waals surface area contributed by atoms with Crippen LogP contribution >= 0.6 is 66.5 Å². The molecule has 0 aliphatic rings. The average Bonchev–Trinajstić information content (AvgIpc) is 1.67. The van der Waals surface area contributed by atoms with Crippen molar-refractivity contribution >= 4 is 182 Å². The molecular weight excluding hydrogens is 1910 g/mol. The number of rotatable bonds is 18. The Balaban J connectivity index is -0.000000456. The molecule has 12 rings (SSSR count). The van der Waals surface area contributed by atoms with Crippen molar-refractivity contribution in [1.82, 2.24) is 59.4 Å². The number of halogens is 6. The van der Waals surface area contributed by atoms with E-state index in [0.29, 0.717) is 46.2 Å². The van der Waals surface area contributed by atoms with Gasteiger partial charge < -0.3 is 96.0 Å². The number of hydrogen-bond donors (Lipinski definition) is 9. The van der Waals surface area contributed by atoms with Gasteiger partial charge in [0.1, 0.15) is 85.7 Å². The molecule has 3 atom stereocenters. The summed E-state index contributed by atoms with van der Waals surface area (Å²) in [5.74, 6) is 7.50. The maximum Gasteiger partial charge on any atom is 0.373 e. The molecular formula is C89H123BrCl5N20O17P. The van der Waals surface area contributed by atoms with E-state index in [4.69, 9.17) is 96.5 Å². The molecule has 0 aliphatic heterocycles. The minimum atomic E-state index is -3.22. The fraction of sp³-hybridized carbons (Fsp3) is 0.371. The number of nitrogens with zero attached hydrogens (tertiary/aromatic N) is 12. The molecule has 4 aromatic carbocycles. The third kappa shape index (κ3) is 57.4. The number of anilines is 6. The lowest BCUT2D eigenvalue weighted by molar-refractivity contribution is -0.193. The minimum absolute atomic E-state index is 0. The van der Waals surface area contributed by atoms with E-state index in [1.54, 1.807) is 60.7 Å². The number of fused-ring (bicyclic) bond motifs is 4. The summed E-state index contributed by atoms with van der Waals surface area (Å²) in [5, 5.41) is 32.9. The quantitative estimate of drug-likeness (QED) is 0.00443. The number of nitrogen functional groups attached to an aromatic ring is 1. The number of aryl methyl sites for hydroxylation is 6. The Kier molecular flexibility index (Phi) is 72.8. The van der Waals surface area contributed by atoms with Crippen molar-refractivity contribution in [3.63, 3.8) is 0 Å². The van der Waals surface area contributed by atoms with Gasteiger partial charge in [-0.2, -0.15) is 29.7 Å². The molecule has 12 aromatic rings. The lowest BCUT2D eigenvalue weighted by Gasteiger charge is -2.20. The van der Waals surface area contributed by atoms with Gasteiger partial charge in [-0.25, -0.2) is 34.9 Å². The van der Waals surface area contributed by atoms with Crippen LogP contribution in [0.4, 0.5) is 34.4 Å². The van der Waals surface area contributed by atoms with Crippen LogP contribution in [0.15, 0.2) is 145 Å². The van der Waals surface area contributed by atoms with Crippen LogP contribution < -0.4 is 68.9 Å². The van der Waals surface area contributed by atoms with E-state index in [2.05, 4.69) is 125 Å². The zero-order valence-electron chi connectivity index (χ0n) is 77.8. The number of aromatic amines is 4. The fourth-order valence-electron chi connectivity index (χ4n) is 9.94. The number of alkyl halides is 1. The Hall–Kier alpha value is -12.5. The normalized spacial score (nSPS) is 9.99. The first-order valence-corrected chi connectivity index (χ1v) is 45.4. The first kappa shape index (κ1) is 129. The lowest BCUT2D eigenvalue weighted by Crippen LogP contribution is -3.00. The van der Waals surface area contributed by atoms with Crippen LogP contribution in [0.25, 0.3) is 44.1 Å². The monoisotopic (exact) mass is 2030 g/mol. The van der Waals surface area contributed by atoms with Gasteiger partial charge in [-0.05, 0) is 236 Å². The van der Waals surface area contributed by atoms with Crippen LogP contribution in [0, 0.1) is 63.2 Å². The molecule has 8 aromatic heterocycles. The number of ether oxygens (including phenoxy) is 7. The first-order valence-electron chi connectivity index (χ1n) is 39.5. The van der Waals surface area contributed by atoms with Crippen molar-refractivity contribution in [2.75, 3.05) is 89.0 Å². The summed E-state index contributed by atoms with van der Waals surface area (Å²) in [7, 11) is 14.5. The van der Waals surface area contributed by atoms with Crippen LogP contribution in [-0.2, 0) is 59.4 Å². The molecule has 37 nitrogen and oxygen atoms in total. The molecule has 0 spiro atoms. The maximum absolute atomic E-state index is 11.1. The highest BCUT2D eigenvalue weighted by Gasteiger charge is 2.17. The summed E-state index contributed by atoms with van der Waals surface area (Å²) in [6.45, 7) is 26.7. The molecule has 44 heteroatoms. The summed E-state index contributed by atoms with van der Waals surface area (Å²) in [4.78, 5) is 118. The number of nitriles is 2. The summed E-state index contributed by atoms with van der Waals surface area (Å²) in [6.07, 6.45) is 11.9. The van der Waals surface area contributed by atoms with E-state index < -0.39 is 17.1 Å². The molecule has 0 amide bonds. The van der Waals surface area contributed by atoms with E-state index in [9.17, 15) is 18.9 Å². The molecule has 8 heterocycles. The number of amidine groups is 1. The van der Waals surface area contributed by atoms with Crippen molar-refractivity contribution in [1.29, 1.82) is 10.5 Å². The highest BCUT2D eigenvalue weighted by Crippen LogP contribution is 2.61. The molecule has 0 saturated carbocycles. The summed E-state index contributed by atoms with van der Waals surface area (Å²) in [6, 6.07) is 41.1. The molecule has 133 heavy (non-hydrogen) atoms. The Morgan fingerprint density at radius 3 is 1.39 bits per heavy atom. The van der Waals surface area contributed by atoms with Gasteiger partial charge in [-0.15, -0.1) is 0 Å². The van der Waals surface area contributed by atoms with Crippen molar-refractivity contribution in [3.05, 3.63) is 184 Å². The SMILES string of the molecule is C.CC(=O)OC(C)=O.CC(N)=[NH2+].CCCC#N.CCOC(C)CBr.CCOC(C)CC(C#N)CC.CNc1ccc(OC)cc1.COc1ccc(N(C)c2nc(C)nc3[nH]ccc23)cc1.COc1ccc(N(C)c2nc(C)nc3c2ccn3C)cc1.COc1ccc(N)c(C)c1.Cc1nc(Cl)c2cc[nH]c2n1.Cc1nc2[nH]ccc2c(=O)[nH]1.O=C=O.O=C=O.O=CO.O=P(Cl)(Cl)Cl.[Cl-]. The highest BCUT2D eigenvalue weighted by atomic mass is 79.9. The second kappa shape index (κ2) is 75.0. The standard InChI is InChI=1S/C16H18N4O.C15H16N4O.C9H17NO.2C8H11NO.C7H6ClN3.C7H7N3O.C5H11BrO.C4H7N.C4H6O3.C2H6N2.CH2O2.2CO2.CH4.Cl3OP.ClH/c1-11-17-15-14(9-10-19(15)2)16(18-11)20(3)12-5-7-13(21-4)8-6-12;1-10-17-14-13(8-9-16-14)15(18-10)19(2)11-4-6-12(20-3)7-5-11;1-4-9(7-10)6-8(3)11-5-2;1-9-7-3-5-8(10-2)6-4-7;1-6-5-7(10-2)3-4-8(6)9;1-4-10-6(8)5-2-3-9-7(5)11-4;1-4-9-6-5(2-3-8-6)7(11)10-4;1-3-7-5(2)4-6;1-2-3-4-5;1-3(5)7-4(2)6;1-2(3)4;3*2-1-3;;1-5(2,3)4;/h5-10H,1-4H3;4-9H,1-3H3,(H,16,17,18);8-9H,4-6H2,1-3H3;3-6,9H,1-2H3;3-5H,9H2,1-2H3;2-3H,1H3,(H,9,10,11);2-3H,1H3,(H2,8,9,10,11);5H,3-4H2,1-2H3;2-3H2,1H3;1-2H3;1H3,(H3,3,4);1H,(H,2,3);;;1H4;;1H. The maximum atomic E-state index is 11.1. The van der Waals surface area contributed by atoms with Gasteiger partial charge >= 0.3 is 29.4 Å². The molecule has 0 fully saturated rings. The fourth-order valence-corrected chi connectivity index (χ4v) is 10.4. The van der Waals surface area contributed by atoms with Gasteiger partial charge in [0.25, 0.3) is 12.0 Å². The van der Waals surface area contributed by atoms with Crippen LogP contribution in [0.3, 0.4) is 0 Å². The molecule has 0 radical (unpaired) electrons. The van der Waals surface area contributed by atoms with Gasteiger partial charge in [0.15, 0.2) is 0 Å². The van der Waals surface area contributed by atoms with E-state index in [1.807, 2.05) is 235 Å². The molecule has 728 valence electrons. The molecule has 12 N–H and O–H groups in total. The molecule has 0 bridgehead atoms. The molecule has 0 saturated heterocycles. The minimum Gasteiger partial charge on any atom is -1.00 e. The van der Waals surface area contributed by atoms with Crippen molar-refractivity contribution in [2.24, 2.45) is 18.7 Å². The van der Waals surface area contributed by atoms with Crippen molar-refractivity contribution in [2.45, 2.75) is 142 Å². The number of nitrogens with two attached hydrogens (primary N) is 3. The van der Waals surface area contributed by atoms with Gasteiger partial charge in [-0.1, -0.05) is 48.8 Å². The van der Waals surface area contributed by atoms with Crippen LogP contribution in [0.5, 0.6) is 23.0 Å². The van der Waals surface area contributed by atoms with Crippen molar-refractivity contribution in [3.8, 4) is 35.1 Å². The predicted octanol–water partition coefficient (Wildman–Crippen LogP) is 14.6. The average molecular weight is 2030 g/mol. The van der Waals surface area contributed by atoms with E-state index >= 15 is 0 Å². The number of aromatic nitrogens is 12. The topological polar surface area (TPSA) is 541 Å². The number of methoxy groups -OCH3 is 4. The van der Waals surface area contributed by atoms with E-state index in [-0.39, 0.29) is 56.2 Å². The Morgan fingerprint density at radius 2 is 1.03 bits per heavy atom. The van der Waals surface area contributed by atoms with Crippen LogP contribution in [-0.4, -0.2) is 181 Å². The summed E-state index contributed by atoms with van der Waals surface area (Å²) >= 11 is 23.0. The zero-order chi connectivity index (χ0) is 100. The second-order valence-electron chi connectivity index (χ2n) is 26.1. The van der Waals surface area contributed by atoms with Gasteiger partial charge in [0, 0.05) is 127 Å². The number of nitrogens with one attached hydrogen (secondary N) is 5. The zero-order valence-corrected chi connectivity index (χ0v) is 84.1. The third-order valence-corrected chi connectivity index (χ3v) is 17.0. The summed E-state index contributed by atoms with van der Waals surface area (Å²) in [5.41, 5.74) is 18.6. The molecule has 3 unspecified atom stereocenters. The number of carboxylic acid groups (broad SMARTS) is 1. The second-order valence-corrected chi connectivity index (χ2v) is 33.7. The van der Waals surface area contributed by atoms with Gasteiger partial charge in [0.05, 0.1) is 74.3 Å². The number of benzene rings is 4. The Morgan fingerprint density at radius 1 is 0.647 bits per heavy atom. The number of esters is 2. The first-order chi connectivity index (χ1) is 62.0. The Labute approximate surface area is 809 Å². The number of carbonyl (C=O) groups excluding carboxylic acids is 6. The smallest absolute Gasteiger partial charge is 0.373 e.